The zero-order valence-electron chi connectivity index (χ0n) is 11.0. The van der Waals surface area contributed by atoms with E-state index in [1.54, 1.807) is 0 Å². The van der Waals surface area contributed by atoms with Gasteiger partial charge in [-0.25, -0.2) is 0 Å². The highest BCUT2D eigenvalue weighted by Gasteiger charge is 2.27. The molecule has 0 rings (SSSR count). The second-order valence-corrected chi connectivity index (χ2v) is 4.53. The van der Waals surface area contributed by atoms with Crippen molar-refractivity contribution >= 4 is 0 Å². The average Bonchev–Trinajstić information content (AvgIpc) is 2.18. The standard InChI is InChI=1S/C12H28NO2.ClH/c1-4-7-13(8-5-2,9-6-3)10-12(15)11-14;/h12,14-15H,4-11H2,1-3H3;1H/q+1;/p-1. The molecule has 16 heavy (non-hydrogen) atoms. The van der Waals surface area contributed by atoms with Crippen LogP contribution in [-0.2, 0) is 0 Å². The van der Waals surface area contributed by atoms with E-state index in [-0.39, 0.29) is 19.0 Å². The Morgan fingerprint density at radius 2 is 1.31 bits per heavy atom. The predicted molar refractivity (Wildman–Crippen MR) is 63.7 cm³/mol. The number of nitrogens with zero attached hydrogens (tertiary/aromatic N) is 1. The molecule has 0 aromatic heterocycles. The molecule has 0 saturated carbocycles. The van der Waals surface area contributed by atoms with Gasteiger partial charge in [0.1, 0.15) is 12.6 Å². The fraction of sp³-hybridized carbons (Fsp3) is 1.00. The Balaban J connectivity index is 0. The number of quaternary nitrogens is 1. The Bertz CT molecular complexity index is 139. The van der Waals surface area contributed by atoms with E-state index in [1.807, 2.05) is 0 Å². The summed E-state index contributed by atoms with van der Waals surface area (Å²) in [4.78, 5) is 0. The molecule has 0 heterocycles. The summed E-state index contributed by atoms with van der Waals surface area (Å²) < 4.78 is 0.964. The first-order valence-corrected chi connectivity index (χ1v) is 6.28. The van der Waals surface area contributed by atoms with Gasteiger partial charge in [-0.1, -0.05) is 20.8 Å². The van der Waals surface area contributed by atoms with Crippen LogP contribution in [0.2, 0.25) is 0 Å². The minimum Gasteiger partial charge on any atom is -1.00 e. The van der Waals surface area contributed by atoms with E-state index in [2.05, 4.69) is 20.8 Å². The highest BCUT2D eigenvalue weighted by Crippen LogP contribution is 2.13. The molecule has 0 fully saturated rings. The van der Waals surface area contributed by atoms with Gasteiger partial charge in [0, 0.05) is 0 Å². The summed E-state index contributed by atoms with van der Waals surface area (Å²) in [7, 11) is 0. The molecular weight excluding hydrogens is 226 g/mol. The smallest absolute Gasteiger partial charge is 0.126 e. The van der Waals surface area contributed by atoms with Crippen LogP contribution in [0.15, 0.2) is 0 Å². The van der Waals surface area contributed by atoms with Gasteiger partial charge in [0.2, 0.25) is 0 Å². The van der Waals surface area contributed by atoms with Gasteiger partial charge in [-0.3, -0.25) is 0 Å². The lowest BCUT2D eigenvalue weighted by atomic mass is 10.2. The molecule has 0 saturated heterocycles. The first kappa shape index (κ1) is 18.5. The summed E-state index contributed by atoms with van der Waals surface area (Å²) in [6.07, 6.45) is 2.85. The zero-order valence-corrected chi connectivity index (χ0v) is 11.7. The first-order valence-electron chi connectivity index (χ1n) is 6.28. The number of halogens is 1. The predicted octanol–water partition coefficient (Wildman–Crippen LogP) is -1.61. The van der Waals surface area contributed by atoms with E-state index in [1.165, 1.54) is 0 Å². The van der Waals surface area contributed by atoms with Gasteiger partial charge in [-0.05, 0) is 19.3 Å². The Kier molecular flexibility index (Phi) is 12.0. The van der Waals surface area contributed by atoms with E-state index >= 15 is 0 Å². The van der Waals surface area contributed by atoms with Crippen LogP contribution >= 0.6 is 0 Å². The first-order chi connectivity index (χ1) is 7.14. The maximum absolute atomic E-state index is 9.61. The minimum atomic E-state index is -0.561. The molecule has 0 aromatic rings. The van der Waals surface area contributed by atoms with Crippen molar-refractivity contribution in [2.24, 2.45) is 0 Å². The lowest BCUT2D eigenvalue weighted by Crippen LogP contribution is -3.00. The quantitative estimate of drug-likeness (QED) is 0.486. The van der Waals surface area contributed by atoms with Crippen molar-refractivity contribution in [1.82, 2.24) is 0 Å². The summed E-state index contributed by atoms with van der Waals surface area (Å²) in [6.45, 7) is 10.5. The fourth-order valence-electron chi connectivity index (χ4n) is 2.54. The van der Waals surface area contributed by atoms with Crippen LogP contribution in [0, 0.1) is 0 Å². The lowest BCUT2D eigenvalue weighted by Gasteiger charge is -2.39. The van der Waals surface area contributed by atoms with Crippen LogP contribution in [0.3, 0.4) is 0 Å². The van der Waals surface area contributed by atoms with Gasteiger partial charge in [-0.2, -0.15) is 0 Å². The summed E-state index contributed by atoms with van der Waals surface area (Å²) >= 11 is 0. The fourth-order valence-corrected chi connectivity index (χ4v) is 2.54. The Hall–Kier alpha value is 0.170. The van der Waals surface area contributed by atoms with Crippen LogP contribution < -0.4 is 12.4 Å². The van der Waals surface area contributed by atoms with Crippen molar-refractivity contribution in [2.45, 2.75) is 46.1 Å². The van der Waals surface area contributed by atoms with Crippen molar-refractivity contribution < 1.29 is 27.1 Å². The number of rotatable bonds is 9. The lowest BCUT2D eigenvalue weighted by molar-refractivity contribution is -0.931. The van der Waals surface area contributed by atoms with Crippen LogP contribution in [0.1, 0.15) is 40.0 Å². The van der Waals surface area contributed by atoms with E-state index in [0.29, 0.717) is 6.54 Å². The molecule has 0 amide bonds. The molecule has 2 N–H and O–H groups in total. The van der Waals surface area contributed by atoms with E-state index < -0.39 is 6.10 Å². The van der Waals surface area contributed by atoms with Gasteiger partial charge in [0.05, 0.1) is 26.2 Å². The van der Waals surface area contributed by atoms with Crippen LogP contribution in [-0.4, -0.2) is 53.6 Å². The molecule has 3 nitrogen and oxygen atoms in total. The number of hydrogen-bond donors (Lipinski definition) is 2. The SMILES string of the molecule is CCC[N+](CCC)(CCC)CC(O)CO.[Cl-]. The molecule has 1 atom stereocenters. The number of hydrogen-bond acceptors (Lipinski definition) is 2. The molecule has 0 spiro atoms. The molecular formula is C12H28ClNO2. The molecule has 0 bridgehead atoms. The Morgan fingerprint density at radius 3 is 1.56 bits per heavy atom. The summed E-state index contributed by atoms with van der Waals surface area (Å²) in [5.74, 6) is 0. The van der Waals surface area contributed by atoms with Gasteiger partial charge >= 0.3 is 0 Å². The Morgan fingerprint density at radius 1 is 0.938 bits per heavy atom. The maximum atomic E-state index is 9.61. The van der Waals surface area contributed by atoms with E-state index in [4.69, 9.17) is 5.11 Å². The van der Waals surface area contributed by atoms with Crippen molar-refractivity contribution in [1.29, 1.82) is 0 Å². The summed E-state index contributed by atoms with van der Waals surface area (Å²) in [6, 6.07) is 0. The maximum Gasteiger partial charge on any atom is 0.126 e. The molecule has 0 aliphatic carbocycles. The highest BCUT2D eigenvalue weighted by atomic mass is 35.5. The molecule has 0 aliphatic heterocycles. The minimum absolute atomic E-state index is 0. The molecule has 0 radical (unpaired) electrons. The normalized spacial score (nSPS) is 13.3. The van der Waals surface area contributed by atoms with Gasteiger partial charge in [-0.15, -0.1) is 0 Å². The molecule has 0 aromatic carbocycles. The van der Waals surface area contributed by atoms with Crippen LogP contribution in [0.5, 0.6) is 0 Å². The topological polar surface area (TPSA) is 40.5 Å². The van der Waals surface area contributed by atoms with Gasteiger partial charge in [0.25, 0.3) is 0 Å². The molecule has 0 aliphatic rings. The largest absolute Gasteiger partial charge is 1.00 e. The molecule has 4 heteroatoms. The summed E-state index contributed by atoms with van der Waals surface area (Å²) in [5.41, 5.74) is 0. The highest BCUT2D eigenvalue weighted by molar-refractivity contribution is 4.54. The van der Waals surface area contributed by atoms with Crippen molar-refractivity contribution in [3.63, 3.8) is 0 Å². The molecule has 100 valence electrons. The van der Waals surface area contributed by atoms with Crippen LogP contribution in [0.25, 0.3) is 0 Å². The number of aliphatic hydroxyl groups is 2. The van der Waals surface area contributed by atoms with Crippen LogP contribution in [0.4, 0.5) is 0 Å². The zero-order chi connectivity index (χ0) is 11.7. The van der Waals surface area contributed by atoms with E-state index in [9.17, 15) is 5.11 Å². The second kappa shape index (κ2) is 10.3. The average molecular weight is 254 g/mol. The van der Waals surface area contributed by atoms with Crippen molar-refractivity contribution in [2.75, 3.05) is 32.8 Å². The van der Waals surface area contributed by atoms with E-state index in [0.717, 1.165) is 43.4 Å². The number of aliphatic hydroxyl groups excluding tert-OH is 2. The molecule has 1 unspecified atom stereocenters. The van der Waals surface area contributed by atoms with Crippen molar-refractivity contribution in [3.8, 4) is 0 Å². The van der Waals surface area contributed by atoms with Crippen molar-refractivity contribution in [3.05, 3.63) is 0 Å². The third-order valence-corrected chi connectivity index (χ3v) is 2.90. The van der Waals surface area contributed by atoms with Gasteiger partial charge in [0.15, 0.2) is 0 Å². The Labute approximate surface area is 106 Å². The second-order valence-electron chi connectivity index (χ2n) is 4.53. The van der Waals surface area contributed by atoms with Gasteiger partial charge < -0.3 is 27.1 Å². The summed E-state index contributed by atoms with van der Waals surface area (Å²) in [5, 5.41) is 18.6. The monoisotopic (exact) mass is 253 g/mol. The third kappa shape index (κ3) is 6.69. The third-order valence-electron chi connectivity index (χ3n) is 2.90.